The first-order chi connectivity index (χ1) is 7.79. The van der Waals surface area contributed by atoms with Crippen LogP contribution in [-0.4, -0.2) is 17.2 Å². The Morgan fingerprint density at radius 3 is 2.75 bits per heavy atom. The molecule has 3 nitrogen and oxygen atoms in total. The highest BCUT2D eigenvalue weighted by Crippen LogP contribution is 2.41. The van der Waals surface area contributed by atoms with Gasteiger partial charge >= 0.3 is 0 Å². The Morgan fingerprint density at radius 1 is 1.12 bits per heavy atom. The van der Waals surface area contributed by atoms with Crippen LogP contribution in [0.1, 0.15) is 32.1 Å². The third-order valence-corrected chi connectivity index (χ3v) is 3.86. The zero-order valence-electron chi connectivity index (χ0n) is 9.42. The number of aromatic hydroxyl groups is 1. The third-order valence-electron chi connectivity index (χ3n) is 3.86. The van der Waals surface area contributed by atoms with Gasteiger partial charge in [0.25, 0.3) is 0 Å². The largest absolute Gasteiger partial charge is 0.506 e. The van der Waals surface area contributed by atoms with Gasteiger partial charge < -0.3 is 15.7 Å². The molecular formula is C13H18N2O. The van der Waals surface area contributed by atoms with E-state index in [0.29, 0.717) is 5.75 Å². The molecule has 0 amide bonds. The second kappa shape index (κ2) is 3.58. The lowest BCUT2D eigenvalue weighted by atomic mass is 9.80. The van der Waals surface area contributed by atoms with Gasteiger partial charge in [0.1, 0.15) is 11.4 Å². The van der Waals surface area contributed by atoms with Gasteiger partial charge in [-0.3, -0.25) is 0 Å². The molecule has 1 aliphatic carbocycles. The number of rotatable bonds is 0. The molecule has 0 radical (unpaired) electrons. The highest BCUT2D eigenvalue weighted by Gasteiger charge is 2.35. The summed E-state index contributed by atoms with van der Waals surface area (Å²) in [6.45, 7) is 0.928. The first kappa shape index (κ1) is 9.82. The van der Waals surface area contributed by atoms with Gasteiger partial charge in [-0.15, -0.1) is 0 Å². The quantitative estimate of drug-likeness (QED) is 0.587. The molecule has 1 spiro atoms. The van der Waals surface area contributed by atoms with E-state index in [4.69, 9.17) is 0 Å². The molecule has 1 saturated carbocycles. The maximum atomic E-state index is 9.74. The lowest BCUT2D eigenvalue weighted by molar-refractivity contribution is 0.333. The van der Waals surface area contributed by atoms with E-state index in [0.717, 1.165) is 17.9 Å². The third kappa shape index (κ3) is 1.51. The zero-order valence-corrected chi connectivity index (χ0v) is 9.42. The number of phenols is 1. The van der Waals surface area contributed by atoms with E-state index in [1.807, 2.05) is 12.1 Å². The maximum Gasteiger partial charge on any atom is 0.140 e. The highest BCUT2D eigenvalue weighted by atomic mass is 16.3. The van der Waals surface area contributed by atoms with E-state index in [-0.39, 0.29) is 5.54 Å². The first-order valence-electron chi connectivity index (χ1n) is 6.13. The molecule has 3 N–H and O–H groups in total. The minimum atomic E-state index is 0.221. The summed E-state index contributed by atoms with van der Waals surface area (Å²) in [5.41, 5.74) is 2.13. The molecule has 1 aromatic rings. The van der Waals surface area contributed by atoms with Crippen LogP contribution in [0.15, 0.2) is 18.2 Å². The van der Waals surface area contributed by atoms with E-state index < -0.39 is 0 Å². The number of phenolic OH excluding ortho intramolecular Hbond substituents is 1. The van der Waals surface area contributed by atoms with Crippen molar-refractivity contribution in [2.24, 2.45) is 0 Å². The van der Waals surface area contributed by atoms with Gasteiger partial charge in [0.2, 0.25) is 0 Å². The summed E-state index contributed by atoms with van der Waals surface area (Å²) < 4.78 is 0. The Morgan fingerprint density at radius 2 is 1.94 bits per heavy atom. The van der Waals surface area contributed by atoms with Gasteiger partial charge in [-0.25, -0.2) is 0 Å². The fourth-order valence-electron chi connectivity index (χ4n) is 2.95. The molecule has 1 fully saturated rings. The fourth-order valence-corrected chi connectivity index (χ4v) is 2.95. The topological polar surface area (TPSA) is 44.3 Å². The van der Waals surface area contributed by atoms with Gasteiger partial charge in [-0.1, -0.05) is 25.3 Å². The predicted octanol–water partition coefficient (Wildman–Crippen LogP) is 2.93. The summed E-state index contributed by atoms with van der Waals surface area (Å²) in [6, 6.07) is 5.66. The van der Waals surface area contributed by atoms with Crippen LogP contribution >= 0.6 is 0 Å². The number of fused-ring (bicyclic) bond motifs is 1. The smallest absolute Gasteiger partial charge is 0.140 e. The van der Waals surface area contributed by atoms with Crippen LogP contribution in [0.4, 0.5) is 11.4 Å². The lowest BCUT2D eigenvalue weighted by Crippen LogP contribution is -2.49. The fraction of sp³-hybridized carbons (Fsp3) is 0.538. The van der Waals surface area contributed by atoms with Crippen LogP contribution in [0.3, 0.4) is 0 Å². The number of benzene rings is 1. The van der Waals surface area contributed by atoms with Crippen molar-refractivity contribution in [1.29, 1.82) is 0 Å². The second-order valence-corrected chi connectivity index (χ2v) is 5.02. The molecule has 3 heteroatoms. The monoisotopic (exact) mass is 218 g/mol. The van der Waals surface area contributed by atoms with Crippen LogP contribution in [0.2, 0.25) is 0 Å². The van der Waals surface area contributed by atoms with Gasteiger partial charge in [-0.2, -0.15) is 0 Å². The van der Waals surface area contributed by atoms with E-state index in [9.17, 15) is 5.11 Å². The Kier molecular flexibility index (Phi) is 2.20. The van der Waals surface area contributed by atoms with E-state index in [1.165, 1.54) is 32.1 Å². The Hall–Kier alpha value is -1.38. The molecule has 0 unspecified atom stereocenters. The number of anilines is 2. The Balaban J connectivity index is 1.91. The van der Waals surface area contributed by atoms with Crippen molar-refractivity contribution in [3.63, 3.8) is 0 Å². The second-order valence-electron chi connectivity index (χ2n) is 5.02. The number of hydrogen-bond acceptors (Lipinski definition) is 3. The number of nitrogens with one attached hydrogen (secondary N) is 2. The van der Waals surface area contributed by atoms with Crippen molar-refractivity contribution in [3.8, 4) is 5.75 Å². The molecular weight excluding hydrogens is 200 g/mol. The SMILES string of the molecule is Oc1cccc2c1NCC1(CCCCC1)N2. The molecule has 0 saturated heterocycles. The highest BCUT2D eigenvalue weighted by molar-refractivity contribution is 5.78. The molecule has 0 bridgehead atoms. The summed E-state index contributed by atoms with van der Waals surface area (Å²) in [7, 11) is 0. The lowest BCUT2D eigenvalue weighted by Gasteiger charge is -2.43. The van der Waals surface area contributed by atoms with Crippen LogP contribution in [0.5, 0.6) is 5.75 Å². The van der Waals surface area contributed by atoms with Gasteiger partial charge in [0, 0.05) is 6.54 Å². The molecule has 2 aliphatic rings. The van der Waals surface area contributed by atoms with Crippen LogP contribution in [0.25, 0.3) is 0 Å². The molecule has 3 rings (SSSR count). The molecule has 1 aliphatic heterocycles. The van der Waals surface area contributed by atoms with Crippen LogP contribution < -0.4 is 10.6 Å². The Labute approximate surface area is 95.9 Å². The van der Waals surface area contributed by atoms with Gasteiger partial charge in [-0.05, 0) is 25.0 Å². The van der Waals surface area contributed by atoms with Crippen molar-refractivity contribution >= 4 is 11.4 Å². The van der Waals surface area contributed by atoms with Crippen LogP contribution in [0, 0.1) is 0 Å². The van der Waals surface area contributed by atoms with Gasteiger partial charge in [0.15, 0.2) is 0 Å². The van der Waals surface area contributed by atoms with Crippen molar-refractivity contribution in [1.82, 2.24) is 0 Å². The molecule has 0 atom stereocenters. The predicted molar refractivity (Wildman–Crippen MR) is 66.0 cm³/mol. The van der Waals surface area contributed by atoms with Crippen molar-refractivity contribution in [2.75, 3.05) is 17.2 Å². The van der Waals surface area contributed by atoms with E-state index >= 15 is 0 Å². The average molecular weight is 218 g/mol. The minimum absolute atomic E-state index is 0.221. The van der Waals surface area contributed by atoms with Gasteiger partial charge in [0.05, 0.1) is 11.2 Å². The van der Waals surface area contributed by atoms with Crippen molar-refractivity contribution < 1.29 is 5.11 Å². The van der Waals surface area contributed by atoms with Crippen molar-refractivity contribution in [3.05, 3.63) is 18.2 Å². The van der Waals surface area contributed by atoms with Crippen LogP contribution in [-0.2, 0) is 0 Å². The standard InChI is InChI=1S/C13H18N2O/c16-11-6-4-5-10-12(11)14-9-13(15-10)7-2-1-3-8-13/h4-6,14-16H,1-3,7-9H2. The molecule has 1 heterocycles. The summed E-state index contributed by atoms with van der Waals surface area (Å²) >= 11 is 0. The average Bonchev–Trinajstić information content (AvgIpc) is 2.30. The minimum Gasteiger partial charge on any atom is -0.506 e. The summed E-state index contributed by atoms with van der Waals surface area (Å²) in [6.07, 6.45) is 6.44. The van der Waals surface area contributed by atoms with Crippen molar-refractivity contribution in [2.45, 2.75) is 37.6 Å². The number of para-hydroxylation sites is 1. The molecule has 1 aromatic carbocycles. The Bertz CT molecular complexity index is 397. The van der Waals surface area contributed by atoms with E-state index in [2.05, 4.69) is 10.6 Å². The molecule has 0 aromatic heterocycles. The first-order valence-corrected chi connectivity index (χ1v) is 6.13. The summed E-state index contributed by atoms with van der Waals surface area (Å²) in [5, 5.41) is 16.8. The van der Waals surface area contributed by atoms with E-state index in [1.54, 1.807) is 6.07 Å². The molecule has 86 valence electrons. The summed E-state index contributed by atoms with van der Waals surface area (Å²) in [4.78, 5) is 0. The molecule has 16 heavy (non-hydrogen) atoms. The zero-order chi connectivity index (χ0) is 11.0. The normalized spacial score (nSPS) is 22.0. The summed E-state index contributed by atoms with van der Waals surface area (Å²) in [5.74, 6) is 0.343. The number of hydrogen-bond donors (Lipinski definition) is 3. The maximum absolute atomic E-state index is 9.74.